The van der Waals surface area contributed by atoms with Gasteiger partial charge in [-0.2, -0.15) is 0 Å². The smallest absolute Gasteiger partial charge is 0.341 e. The van der Waals surface area contributed by atoms with Crippen LogP contribution in [0.5, 0.6) is 5.75 Å². The number of fused-ring (bicyclic) bond motifs is 1. The molecule has 1 amide bonds. The SMILES string of the molecule is CCOC(=O)c1c(NC(=O)CSc2nnc(C(C)Oc3cccc(C)c3)n2CC)sc2c1CCC2. The number of rotatable bonds is 10. The van der Waals surface area contributed by atoms with Crippen LogP contribution in [0.15, 0.2) is 29.4 Å². The highest BCUT2D eigenvalue weighted by atomic mass is 32.2. The molecule has 1 N–H and O–H groups in total. The molecule has 0 saturated carbocycles. The number of carbonyl (C=O) groups excluding carboxylic acids is 2. The molecule has 1 unspecified atom stereocenters. The van der Waals surface area contributed by atoms with E-state index in [-0.39, 0.29) is 23.7 Å². The number of amides is 1. The Kier molecular flexibility index (Phi) is 8.12. The summed E-state index contributed by atoms with van der Waals surface area (Å²) in [6.45, 7) is 8.70. The predicted molar refractivity (Wildman–Crippen MR) is 138 cm³/mol. The number of esters is 1. The molecule has 3 aromatic rings. The second-order valence-electron chi connectivity index (χ2n) is 8.28. The van der Waals surface area contributed by atoms with Crippen molar-refractivity contribution in [3.05, 3.63) is 51.7 Å². The number of benzene rings is 1. The van der Waals surface area contributed by atoms with Crippen LogP contribution in [0.3, 0.4) is 0 Å². The van der Waals surface area contributed by atoms with Gasteiger partial charge in [0.15, 0.2) is 17.1 Å². The van der Waals surface area contributed by atoms with Crippen molar-refractivity contribution >= 4 is 40.0 Å². The Morgan fingerprint density at radius 2 is 2.09 bits per heavy atom. The third-order valence-electron chi connectivity index (χ3n) is 5.71. The van der Waals surface area contributed by atoms with Gasteiger partial charge in [0.1, 0.15) is 10.8 Å². The fourth-order valence-corrected chi connectivity index (χ4v) is 6.26. The van der Waals surface area contributed by atoms with Gasteiger partial charge >= 0.3 is 5.97 Å². The van der Waals surface area contributed by atoms with Gasteiger partial charge in [0, 0.05) is 11.4 Å². The van der Waals surface area contributed by atoms with Gasteiger partial charge in [-0.05, 0) is 70.2 Å². The minimum absolute atomic E-state index is 0.149. The summed E-state index contributed by atoms with van der Waals surface area (Å²) >= 11 is 2.79. The van der Waals surface area contributed by atoms with Gasteiger partial charge in [0.2, 0.25) is 5.91 Å². The highest BCUT2D eigenvalue weighted by Gasteiger charge is 2.28. The number of hydrogen-bond acceptors (Lipinski definition) is 8. The largest absolute Gasteiger partial charge is 0.483 e. The van der Waals surface area contributed by atoms with Gasteiger partial charge in [-0.3, -0.25) is 4.79 Å². The van der Waals surface area contributed by atoms with Crippen LogP contribution >= 0.6 is 23.1 Å². The van der Waals surface area contributed by atoms with E-state index in [0.717, 1.165) is 41.0 Å². The Hall–Kier alpha value is -2.85. The number of thioether (sulfide) groups is 1. The molecule has 1 aliphatic carbocycles. The lowest BCUT2D eigenvalue weighted by Gasteiger charge is -2.16. The van der Waals surface area contributed by atoms with Crippen molar-refractivity contribution in [3.8, 4) is 5.75 Å². The topological polar surface area (TPSA) is 95.3 Å². The summed E-state index contributed by atoms with van der Waals surface area (Å²) in [7, 11) is 0. The zero-order valence-corrected chi connectivity index (χ0v) is 22.1. The molecule has 10 heteroatoms. The first-order valence-electron chi connectivity index (χ1n) is 11.8. The van der Waals surface area contributed by atoms with Crippen LogP contribution in [0, 0.1) is 6.92 Å². The Balaban J connectivity index is 1.42. The molecule has 8 nitrogen and oxygen atoms in total. The van der Waals surface area contributed by atoms with Crippen LogP contribution in [-0.2, 0) is 28.9 Å². The van der Waals surface area contributed by atoms with E-state index in [1.165, 1.54) is 23.1 Å². The van der Waals surface area contributed by atoms with E-state index in [1.807, 2.05) is 49.6 Å². The van der Waals surface area contributed by atoms with Crippen LogP contribution in [0.25, 0.3) is 0 Å². The normalized spacial score (nSPS) is 13.4. The van der Waals surface area contributed by atoms with Crippen molar-refractivity contribution in [2.75, 3.05) is 17.7 Å². The molecule has 4 rings (SSSR count). The number of carbonyl (C=O) groups is 2. The summed E-state index contributed by atoms with van der Waals surface area (Å²) in [5.74, 6) is 1.06. The lowest BCUT2D eigenvalue weighted by Crippen LogP contribution is -2.17. The van der Waals surface area contributed by atoms with Crippen molar-refractivity contribution in [1.82, 2.24) is 14.8 Å². The standard InChI is InChI=1S/C25H30N4O4S2/c1-5-29-22(16(4)33-17-10-7-9-15(3)13-17)27-28-25(29)34-14-20(30)26-23-21(24(31)32-6-2)18-11-8-12-19(18)35-23/h7,9-10,13,16H,5-6,8,11-12,14H2,1-4H3,(H,26,30). The van der Waals surface area contributed by atoms with E-state index >= 15 is 0 Å². The molecule has 0 bridgehead atoms. The number of nitrogens with one attached hydrogen (secondary N) is 1. The lowest BCUT2D eigenvalue weighted by molar-refractivity contribution is -0.113. The number of aromatic nitrogens is 3. The minimum atomic E-state index is -0.368. The number of anilines is 1. The maximum atomic E-state index is 12.8. The summed E-state index contributed by atoms with van der Waals surface area (Å²) in [5, 5.41) is 12.8. The second kappa shape index (κ2) is 11.3. The number of ether oxygens (including phenoxy) is 2. The molecular weight excluding hydrogens is 484 g/mol. The molecule has 186 valence electrons. The van der Waals surface area contributed by atoms with Gasteiger partial charge < -0.3 is 19.4 Å². The maximum Gasteiger partial charge on any atom is 0.341 e. The zero-order valence-electron chi connectivity index (χ0n) is 20.4. The Morgan fingerprint density at radius 1 is 1.26 bits per heavy atom. The van der Waals surface area contributed by atoms with Crippen LogP contribution in [0.4, 0.5) is 5.00 Å². The summed E-state index contributed by atoms with van der Waals surface area (Å²) in [6.07, 6.45) is 2.50. The molecule has 1 atom stereocenters. The molecule has 0 aliphatic heterocycles. The minimum Gasteiger partial charge on any atom is -0.483 e. The molecular formula is C25H30N4O4S2. The van der Waals surface area contributed by atoms with Crippen LogP contribution in [0.2, 0.25) is 0 Å². The summed E-state index contributed by atoms with van der Waals surface area (Å²) < 4.78 is 13.3. The first-order valence-corrected chi connectivity index (χ1v) is 13.6. The molecule has 0 fully saturated rings. The third-order valence-corrected chi connectivity index (χ3v) is 7.89. The fourth-order valence-electron chi connectivity index (χ4n) is 4.15. The first kappa shape index (κ1) is 25.2. The second-order valence-corrected chi connectivity index (χ2v) is 10.3. The number of nitrogens with zero attached hydrogens (tertiary/aromatic N) is 3. The van der Waals surface area contributed by atoms with E-state index < -0.39 is 0 Å². The monoisotopic (exact) mass is 514 g/mol. The number of thiophene rings is 1. The van der Waals surface area contributed by atoms with Crippen molar-refractivity contribution in [2.45, 2.75) is 64.8 Å². The van der Waals surface area contributed by atoms with Gasteiger partial charge in [0.25, 0.3) is 0 Å². The van der Waals surface area contributed by atoms with E-state index in [1.54, 1.807) is 6.92 Å². The number of hydrogen-bond donors (Lipinski definition) is 1. The Bertz CT molecular complexity index is 1220. The van der Waals surface area contributed by atoms with Gasteiger partial charge in [-0.25, -0.2) is 4.79 Å². The van der Waals surface area contributed by atoms with Gasteiger partial charge in [-0.15, -0.1) is 21.5 Å². The first-order chi connectivity index (χ1) is 16.9. The fraction of sp³-hybridized carbons (Fsp3) is 0.440. The molecule has 2 heterocycles. The van der Waals surface area contributed by atoms with Gasteiger partial charge in [0.05, 0.1) is 17.9 Å². The quantitative estimate of drug-likeness (QED) is 0.293. The third kappa shape index (κ3) is 5.70. The molecule has 1 aliphatic rings. The van der Waals surface area contributed by atoms with E-state index in [0.29, 0.717) is 34.7 Å². The molecule has 2 aromatic heterocycles. The Labute approximate surface area is 213 Å². The zero-order chi connectivity index (χ0) is 24.9. The predicted octanol–water partition coefficient (Wildman–Crippen LogP) is 5.20. The van der Waals surface area contributed by atoms with Crippen LogP contribution in [0.1, 0.15) is 65.5 Å². The Morgan fingerprint density at radius 3 is 2.83 bits per heavy atom. The summed E-state index contributed by atoms with van der Waals surface area (Å²) in [4.78, 5) is 26.5. The van der Waals surface area contributed by atoms with E-state index in [9.17, 15) is 9.59 Å². The molecule has 0 saturated heterocycles. The van der Waals surface area contributed by atoms with Crippen molar-refractivity contribution < 1.29 is 19.1 Å². The van der Waals surface area contributed by atoms with E-state index in [4.69, 9.17) is 9.47 Å². The van der Waals surface area contributed by atoms with Crippen LogP contribution in [-0.4, -0.2) is 39.0 Å². The van der Waals surface area contributed by atoms with Crippen molar-refractivity contribution in [3.63, 3.8) is 0 Å². The van der Waals surface area contributed by atoms with E-state index in [2.05, 4.69) is 15.5 Å². The van der Waals surface area contributed by atoms with Gasteiger partial charge in [-0.1, -0.05) is 23.9 Å². The average molecular weight is 515 g/mol. The number of aryl methyl sites for hydroxylation is 2. The highest BCUT2D eigenvalue weighted by Crippen LogP contribution is 2.39. The highest BCUT2D eigenvalue weighted by molar-refractivity contribution is 7.99. The summed E-state index contributed by atoms with van der Waals surface area (Å²) in [6, 6.07) is 7.87. The van der Waals surface area contributed by atoms with Crippen LogP contribution < -0.4 is 10.1 Å². The maximum absolute atomic E-state index is 12.8. The summed E-state index contributed by atoms with van der Waals surface area (Å²) in [5.41, 5.74) is 2.66. The average Bonchev–Trinajstić information content (AvgIpc) is 3.51. The van der Waals surface area contributed by atoms with Crippen molar-refractivity contribution in [1.29, 1.82) is 0 Å². The molecule has 0 radical (unpaired) electrons. The molecule has 0 spiro atoms. The molecule has 1 aromatic carbocycles. The lowest BCUT2D eigenvalue weighted by atomic mass is 10.1. The van der Waals surface area contributed by atoms with Crippen molar-refractivity contribution in [2.24, 2.45) is 0 Å². The molecule has 35 heavy (non-hydrogen) atoms.